The number of nitrogens with one attached hydrogen (secondary N) is 1. The summed E-state index contributed by atoms with van der Waals surface area (Å²) in [5.41, 5.74) is 2.56. The first-order chi connectivity index (χ1) is 4.97. The van der Waals surface area contributed by atoms with Crippen molar-refractivity contribution in [3.8, 4) is 0 Å². The second-order valence-corrected chi connectivity index (χ2v) is 2.49. The molecule has 0 amide bonds. The summed E-state index contributed by atoms with van der Waals surface area (Å²) in [6.07, 6.45) is 3.88. The molecule has 1 aromatic heterocycles. The van der Waals surface area contributed by atoms with Gasteiger partial charge in [0.2, 0.25) is 0 Å². The van der Waals surface area contributed by atoms with E-state index in [1.807, 2.05) is 6.20 Å². The zero-order valence-corrected chi connectivity index (χ0v) is 5.76. The number of H-pyrrole nitrogens is 1. The first-order valence-corrected chi connectivity index (χ1v) is 3.55. The molecule has 1 aliphatic heterocycles. The highest BCUT2D eigenvalue weighted by Crippen LogP contribution is 2.09. The third-order valence-electron chi connectivity index (χ3n) is 1.82. The third-order valence-corrected chi connectivity index (χ3v) is 1.82. The molecule has 0 aromatic carbocycles. The van der Waals surface area contributed by atoms with E-state index in [2.05, 4.69) is 10.2 Å². The van der Waals surface area contributed by atoms with E-state index in [1.54, 1.807) is 0 Å². The van der Waals surface area contributed by atoms with Crippen molar-refractivity contribution in [2.75, 3.05) is 13.2 Å². The fourth-order valence-corrected chi connectivity index (χ4v) is 1.23. The SMILES string of the molecule is c1n[nH]c2c1CCOCC2. The van der Waals surface area contributed by atoms with Gasteiger partial charge < -0.3 is 4.74 Å². The molecular weight excluding hydrogens is 128 g/mol. The first kappa shape index (κ1) is 5.92. The third kappa shape index (κ3) is 0.926. The Morgan fingerprint density at radius 1 is 1.40 bits per heavy atom. The van der Waals surface area contributed by atoms with Crippen molar-refractivity contribution in [2.24, 2.45) is 0 Å². The van der Waals surface area contributed by atoms with Gasteiger partial charge >= 0.3 is 0 Å². The Balaban J connectivity index is 2.28. The lowest BCUT2D eigenvalue weighted by Crippen LogP contribution is -1.95. The van der Waals surface area contributed by atoms with Crippen molar-refractivity contribution < 1.29 is 4.74 Å². The van der Waals surface area contributed by atoms with Gasteiger partial charge in [0.25, 0.3) is 0 Å². The van der Waals surface area contributed by atoms with Crippen LogP contribution >= 0.6 is 0 Å². The molecule has 3 nitrogen and oxygen atoms in total. The van der Waals surface area contributed by atoms with Crippen LogP contribution in [0, 0.1) is 0 Å². The number of aromatic amines is 1. The lowest BCUT2D eigenvalue weighted by atomic mass is 10.2. The predicted molar refractivity (Wildman–Crippen MR) is 36.8 cm³/mol. The Hall–Kier alpha value is -0.830. The Labute approximate surface area is 59.4 Å². The summed E-state index contributed by atoms with van der Waals surface area (Å²) in [5, 5.41) is 6.93. The zero-order chi connectivity index (χ0) is 6.81. The van der Waals surface area contributed by atoms with Crippen LogP contribution in [0.4, 0.5) is 0 Å². The lowest BCUT2D eigenvalue weighted by Gasteiger charge is -1.93. The van der Waals surface area contributed by atoms with E-state index >= 15 is 0 Å². The van der Waals surface area contributed by atoms with E-state index in [-0.39, 0.29) is 0 Å². The van der Waals surface area contributed by atoms with Gasteiger partial charge in [-0.1, -0.05) is 0 Å². The number of aromatic nitrogens is 2. The van der Waals surface area contributed by atoms with Crippen molar-refractivity contribution in [1.82, 2.24) is 10.2 Å². The molecule has 1 aromatic rings. The molecule has 0 unspecified atom stereocenters. The molecule has 0 radical (unpaired) electrons. The van der Waals surface area contributed by atoms with Crippen LogP contribution in [0.1, 0.15) is 11.3 Å². The van der Waals surface area contributed by atoms with Crippen LogP contribution in [0.2, 0.25) is 0 Å². The Bertz CT molecular complexity index is 199. The summed E-state index contributed by atoms with van der Waals surface area (Å²) in [4.78, 5) is 0. The zero-order valence-electron chi connectivity index (χ0n) is 5.76. The van der Waals surface area contributed by atoms with Gasteiger partial charge in [-0.2, -0.15) is 5.10 Å². The summed E-state index contributed by atoms with van der Waals surface area (Å²) in [7, 11) is 0. The van der Waals surface area contributed by atoms with Crippen LogP contribution in [0.15, 0.2) is 6.20 Å². The highest BCUT2D eigenvalue weighted by Gasteiger charge is 2.08. The maximum absolute atomic E-state index is 5.29. The van der Waals surface area contributed by atoms with Gasteiger partial charge in [0.15, 0.2) is 0 Å². The molecule has 0 spiro atoms. The van der Waals surface area contributed by atoms with Gasteiger partial charge in [-0.05, 0) is 12.0 Å². The fraction of sp³-hybridized carbons (Fsp3) is 0.571. The normalized spacial score (nSPS) is 18.0. The molecule has 10 heavy (non-hydrogen) atoms. The highest BCUT2D eigenvalue weighted by atomic mass is 16.5. The van der Waals surface area contributed by atoms with E-state index in [9.17, 15) is 0 Å². The standard InChI is InChI=1S/C7H10N2O/c1-3-10-4-2-7-6(1)5-8-9-7/h5H,1-4H2,(H,8,9). The summed E-state index contributed by atoms with van der Waals surface area (Å²) in [6, 6.07) is 0. The molecule has 0 saturated carbocycles. The monoisotopic (exact) mass is 138 g/mol. The van der Waals surface area contributed by atoms with E-state index in [0.29, 0.717) is 0 Å². The van der Waals surface area contributed by atoms with Gasteiger partial charge in [-0.25, -0.2) is 0 Å². The van der Waals surface area contributed by atoms with Crippen LogP contribution < -0.4 is 0 Å². The minimum absolute atomic E-state index is 0.829. The van der Waals surface area contributed by atoms with Crippen molar-refractivity contribution in [3.63, 3.8) is 0 Å². The Morgan fingerprint density at radius 3 is 3.30 bits per heavy atom. The average molecular weight is 138 g/mol. The van der Waals surface area contributed by atoms with Gasteiger partial charge in [-0.15, -0.1) is 0 Å². The second-order valence-electron chi connectivity index (χ2n) is 2.49. The van der Waals surface area contributed by atoms with E-state index in [1.165, 1.54) is 11.3 Å². The van der Waals surface area contributed by atoms with Crippen molar-refractivity contribution >= 4 is 0 Å². The van der Waals surface area contributed by atoms with Crippen LogP contribution in [0.5, 0.6) is 0 Å². The van der Waals surface area contributed by atoms with Gasteiger partial charge in [-0.3, -0.25) is 5.10 Å². The van der Waals surface area contributed by atoms with Crippen molar-refractivity contribution in [3.05, 3.63) is 17.5 Å². The van der Waals surface area contributed by atoms with Gasteiger partial charge in [0, 0.05) is 12.1 Å². The highest BCUT2D eigenvalue weighted by molar-refractivity contribution is 5.17. The van der Waals surface area contributed by atoms with E-state index < -0.39 is 0 Å². The quantitative estimate of drug-likeness (QED) is 0.567. The fourth-order valence-electron chi connectivity index (χ4n) is 1.23. The maximum Gasteiger partial charge on any atom is 0.0523 e. The molecule has 0 fully saturated rings. The second kappa shape index (κ2) is 2.42. The maximum atomic E-state index is 5.29. The van der Waals surface area contributed by atoms with Crippen LogP contribution in [-0.2, 0) is 17.6 Å². The smallest absolute Gasteiger partial charge is 0.0523 e. The number of rotatable bonds is 0. The van der Waals surface area contributed by atoms with E-state index in [4.69, 9.17) is 4.74 Å². The molecule has 2 rings (SSSR count). The number of hydrogen-bond acceptors (Lipinski definition) is 2. The largest absolute Gasteiger partial charge is 0.381 e. The molecule has 3 heteroatoms. The van der Waals surface area contributed by atoms with Crippen molar-refractivity contribution in [2.45, 2.75) is 12.8 Å². The molecule has 1 N–H and O–H groups in total. The molecule has 2 heterocycles. The summed E-state index contributed by atoms with van der Waals surface area (Å²) < 4.78 is 5.29. The summed E-state index contributed by atoms with van der Waals surface area (Å²) >= 11 is 0. The van der Waals surface area contributed by atoms with E-state index in [0.717, 1.165) is 26.1 Å². The number of fused-ring (bicyclic) bond motifs is 1. The van der Waals surface area contributed by atoms with Crippen molar-refractivity contribution in [1.29, 1.82) is 0 Å². The molecule has 0 saturated heterocycles. The summed E-state index contributed by atoms with van der Waals surface area (Å²) in [6.45, 7) is 1.67. The molecule has 0 bridgehead atoms. The van der Waals surface area contributed by atoms with Crippen LogP contribution in [-0.4, -0.2) is 23.4 Å². The minimum atomic E-state index is 0.829. The van der Waals surface area contributed by atoms with Gasteiger partial charge in [0.05, 0.1) is 19.4 Å². The number of hydrogen-bond donors (Lipinski definition) is 1. The lowest BCUT2D eigenvalue weighted by molar-refractivity contribution is 0.146. The average Bonchev–Trinajstić information content (AvgIpc) is 2.28. The van der Waals surface area contributed by atoms with Gasteiger partial charge in [0.1, 0.15) is 0 Å². The summed E-state index contributed by atoms with van der Waals surface area (Å²) in [5.74, 6) is 0. The minimum Gasteiger partial charge on any atom is -0.381 e. The molecule has 54 valence electrons. The molecule has 0 atom stereocenters. The first-order valence-electron chi connectivity index (χ1n) is 3.55. The van der Waals surface area contributed by atoms with Crippen LogP contribution in [0.3, 0.4) is 0 Å². The Kier molecular flexibility index (Phi) is 1.43. The number of nitrogens with zero attached hydrogens (tertiary/aromatic N) is 1. The van der Waals surface area contributed by atoms with Crippen LogP contribution in [0.25, 0.3) is 0 Å². The predicted octanol–water partition coefficient (Wildman–Crippen LogP) is 0.525. The number of ether oxygens (including phenoxy) is 1. The molecular formula is C7H10N2O. The molecule has 1 aliphatic rings. The topological polar surface area (TPSA) is 37.9 Å². The molecule has 0 aliphatic carbocycles. The Morgan fingerprint density at radius 2 is 2.30 bits per heavy atom.